The summed E-state index contributed by atoms with van der Waals surface area (Å²) in [5, 5.41) is 0. The third-order valence-electron chi connectivity index (χ3n) is 3.79. The third kappa shape index (κ3) is 22.4. The van der Waals surface area contributed by atoms with Crippen molar-refractivity contribution in [3.05, 3.63) is 0 Å². The number of hydrogen-bond acceptors (Lipinski definition) is 4. The van der Waals surface area contributed by atoms with Gasteiger partial charge < -0.3 is 6.16 Å². The monoisotopic (exact) mass is 374 g/mol. The fourth-order valence-corrected chi connectivity index (χ4v) is 2.92. The van der Waals surface area contributed by atoms with E-state index in [4.69, 9.17) is 9.29 Å². The largest absolute Gasteiger partial charge is 1.00 e. The molecule has 0 aromatic carbocycles. The predicted octanol–water partition coefficient (Wildman–Crippen LogP) is 1.63. The van der Waals surface area contributed by atoms with Gasteiger partial charge in [0, 0.05) is 6.42 Å². The Labute approximate surface area is 171 Å². The predicted molar refractivity (Wildman–Crippen MR) is 94.2 cm³/mol. The molecule has 0 heterocycles. The molecule has 0 spiro atoms. The molecule has 0 atom stereocenters. The van der Waals surface area contributed by atoms with Gasteiger partial charge >= 0.3 is 35.5 Å². The zero-order valence-electron chi connectivity index (χ0n) is 16.6. The number of carbonyl (C=O) groups excluding carboxylic acids is 1. The minimum atomic E-state index is -3.95. The van der Waals surface area contributed by atoms with Gasteiger partial charge in [0.05, 0.1) is 12.4 Å². The first-order valence-corrected chi connectivity index (χ1v) is 10.7. The van der Waals surface area contributed by atoms with Crippen LogP contribution in [-0.2, 0) is 19.6 Å². The van der Waals surface area contributed by atoms with Gasteiger partial charge in [0.1, 0.15) is 0 Å². The first-order valence-electron chi connectivity index (χ1n) is 9.06. The number of carbonyl (C=O) groups is 1. The van der Waals surface area contributed by atoms with Crippen molar-refractivity contribution >= 4 is 16.1 Å². The van der Waals surface area contributed by atoms with E-state index in [9.17, 15) is 13.2 Å². The Morgan fingerprint density at radius 1 is 0.875 bits per heavy atom. The van der Waals surface area contributed by atoms with Crippen molar-refractivity contribution in [1.29, 1.82) is 0 Å². The van der Waals surface area contributed by atoms with Crippen molar-refractivity contribution < 1.29 is 53.5 Å². The number of hydrogen-bond donors (Lipinski definition) is 1. The van der Waals surface area contributed by atoms with E-state index in [1.54, 1.807) is 0 Å². The van der Waals surface area contributed by atoms with E-state index in [1.807, 2.05) is 0 Å². The van der Waals surface area contributed by atoms with E-state index in [0.717, 1.165) is 19.3 Å². The molecule has 0 radical (unpaired) electrons. The molecule has 0 saturated heterocycles. The van der Waals surface area contributed by atoms with Crippen molar-refractivity contribution in [2.24, 2.45) is 0 Å². The van der Waals surface area contributed by atoms with Crippen molar-refractivity contribution in [2.75, 3.05) is 12.4 Å². The van der Waals surface area contributed by atoms with Crippen LogP contribution in [0.3, 0.4) is 0 Å². The molecule has 7 heteroatoms. The second-order valence-corrected chi connectivity index (χ2v) is 7.72. The van der Waals surface area contributed by atoms with Gasteiger partial charge in [-0.05, 0) is 12.8 Å². The summed E-state index contributed by atoms with van der Waals surface area (Å²) in [7, 11) is -3.95. The standard InChI is InChI=1S/C17H34O5S.Na.H/c1-2-3-4-5-6-7-8-9-10-11-12-14-17(18)22-15-13-16-23(19,20)21;;/h2-16H2,1H3,(H,19,20,21);;/q;+1;-1. The Morgan fingerprint density at radius 3 is 1.79 bits per heavy atom. The van der Waals surface area contributed by atoms with E-state index in [0.29, 0.717) is 6.42 Å². The second kappa shape index (κ2) is 18.2. The van der Waals surface area contributed by atoms with E-state index < -0.39 is 10.1 Å². The van der Waals surface area contributed by atoms with E-state index >= 15 is 0 Å². The first kappa shape index (κ1) is 26.6. The topological polar surface area (TPSA) is 80.7 Å². The zero-order valence-corrected chi connectivity index (χ0v) is 18.4. The molecule has 0 saturated carbocycles. The molecule has 0 aromatic heterocycles. The molecule has 0 fully saturated rings. The van der Waals surface area contributed by atoms with Crippen molar-refractivity contribution in [3.63, 3.8) is 0 Å². The van der Waals surface area contributed by atoms with Gasteiger partial charge in [0.25, 0.3) is 10.1 Å². The van der Waals surface area contributed by atoms with Crippen LogP contribution in [0.5, 0.6) is 0 Å². The summed E-state index contributed by atoms with van der Waals surface area (Å²) in [6.07, 6.45) is 14.1. The Bertz CT molecular complexity index is 390. The fraction of sp³-hybridized carbons (Fsp3) is 0.941. The van der Waals surface area contributed by atoms with Crippen LogP contribution in [0.2, 0.25) is 0 Å². The average Bonchev–Trinajstić information content (AvgIpc) is 2.48. The summed E-state index contributed by atoms with van der Waals surface area (Å²) >= 11 is 0. The van der Waals surface area contributed by atoms with Gasteiger partial charge in [-0.15, -0.1) is 0 Å². The van der Waals surface area contributed by atoms with Crippen molar-refractivity contribution in [3.8, 4) is 0 Å². The van der Waals surface area contributed by atoms with E-state index in [1.165, 1.54) is 51.4 Å². The van der Waals surface area contributed by atoms with Crippen molar-refractivity contribution in [1.82, 2.24) is 0 Å². The summed E-state index contributed by atoms with van der Waals surface area (Å²) in [6, 6.07) is 0. The summed E-state index contributed by atoms with van der Waals surface area (Å²) in [6.45, 7) is 2.28. The number of rotatable bonds is 16. The van der Waals surface area contributed by atoms with Gasteiger partial charge in [-0.3, -0.25) is 9.35 Å². The van der Waals surface area contributed by atoms with Crippen molar-refractivity contribution in [2.45, 2.75) is 90.4 Å². The SMILES string of the molecule is CCCCCCCCCCCCCC(=O)OCCCS(=O)(=O)O.[H-].[Na+]. The summed E-state index contributed by atoms with van der Waals surface area (Å²) in [5.41, 5.74) is 0. The maximum absolute atomic E-state index is 11.4. The quantitative estimate of drug-likeness (QED) is 0.192. The molecule has 0 unspecified atom stereocenters. The maximum atomic E-state index is 11.4. The molecule has 0 aliphatic carbocycles. The third-order valence-corrected chi connectivity index (χ3v) is 4.60. The Balaban J connectivity index is -0.00000242. The molecule has 140 valence electrons. The number of esters is 1. The Morgan fingerprint density at radius 2 is 1.33 bits per heavy atom. The molecule has 0 aliphatic heterocycles. The average molecular weight is 375 g/mol. The molecular formula is C17H35NaO5S. The number of ether oxygens (including phenoxy) is 1. The number of unbranched alkanes of at least 4 members (excludes halogenated alkanes) is 10. The smallest absolute Gasteiger partial charge is 1.00 e. The molecule has 0 rings (SSSR count). The molecule has 0 bridgehead atoms. The molecule has 5 nitrogen and oxygen atoms in total. The van der Waals surface area contributed by atoms with Crippen LogP contribution in [-0.4, -0.2) is 31.3 Å². The Hall–Kier alpha value is 0.380. The van der Waals surface area contributed by atoms with Crippen LogP contribution in [0.15, 0.2) is 0 Å². The van der Waals surface area contributed by atoms with Crippen LogP contribution in [0.1, 0.15) is 91.8 Å². The summed E-state index contributed by atoms with van der Waals surface area (Å²) in [5.74, 6) is -0.644. The van der Waals surface area contributed by atoms with Gasteiger partial charge in [0.2, 0.25) is 0 Å². The first-order chi connectivity index (χ1) is 11.0. The van der Waals surface area contributed by atoms with Gasteiger partial charge in [-0.2, -0.15) is 8.42 Å². The second-order valence-electron chi connectivity index (χ2n) is 6.15. The minimum absolute atomic E-state index is 0. The summed E-state index contributed by atoms with van der Waals surface area (Å²) < 4.78 is 34.4. The molecule has 0 aromatic rings. The Kier molecular flexibility index (Phi) is 20.2. The maximum Gasteiger partial charge on any atom is 1.00 e. The van der Waals surface area contributed by atoms with E-state index in [-0.39, 0.29) is 55.7 Å². The van der Waals surface area contributed by atoms with Crippen LogP contribution >= 0.6 is 0 Å². The van der Waals surface area contributed by atoms with Gasteiger partial charge in [-0.25, -0.2) is 0 Å². The zero-order chi connectivity index (χ0) is 17.4. The molecule has 0 aliphatic rings. The molecule has 0 amide bonds. The minimum Gasteiger partial charge on any atom is -1.00 e. The summed E-state index contributed by atoms with van der Waals surface area (Å²) in [4.78, 5) is 11.4. The van der Waals surface area contributed by atoms with E-state index in [2.05, 4.69) is 6.92 Å². The molecule has 24 heavy (non-hydrogen) atoms. The van der Waals surface area contributed by atoms with Crippen LogP contribution < -0.4 is 29.6 Å². The van der Waals surface area contributed by atoms with Gasteiger partial charge in [-0.1, -0.05) is 71.1 Å². The fourth-order valence-electron chi connectivity index (χ4n) is 2.43. The molecular weight excluding hydrogens is 339 g/mol. The normalized spacial score (nSPS) is 11.1. The van der Waals surface area contributed by atoms with Crippen LogP contribution in [0.25, 0.3) is 0 Å². The molecule has 1 N–H and O–H groups in total. The van der Waals surface area contributed by atoms with Gasteiger partial charge in [0.15, 0.2) is 0 Å². The van der Waals surface area contributed by atoms with Crippen LogP contribution in [0.4, 0.5) is 0 Å². The van der Waals surface area contributed by atoms with Crippen LogP contribution in [0, 0.1) is 0 Å².